The van der Waals surface area contributed by atoms with E-state index in [4.69, 9.17) is 9.47 Å². The largest absolute Gasteiger partial charge is 0.493 e. The number of benzene rings is 1. The van der Waals surface area contributed by atoms with E-state index in [1.807, 2.05) is 31.3 Å². The summed E-state index contributed by atoms with van der Waals surface area (Å²) in [5.41, 5.74) is 3.39. The Bertz CT molecular complexity index is 541. The molecule has 0 unspecified atom stereocenters. The molecule has 4 nitrogen and oxygen atoms in total. The second-order valence-electron chi connectivity index (χ2n) is 4.13. The highest BCUT2D eigenvalue weighted by atomic mass is 16.5. The molecule has 0 radical (unpaired) electrons. The lowest BCUT2D eigenvalue weighted by Gasteiger charge is -2.15. The number of aromatic nitrogens is 1. The SMILES string of the molecule is CNCc1cc(OC)c(OC)cc1-c1ccncc1. The monoisotopic (exact) mass is 258 g/mol. The second kappa shape index (κ2) is 6.20. The molecule has 0 saturated heterocycles. The maximum Gasteiger partial charge on any atom is 0.161 e. The van der Waals surface area contributed by atoms with Gasteiger partial charge in [0, 0.05) is 18.9 Å². The summed E-state index contributed by atoms with van der Waals surface area (Å²) in [7, 11) is 5.21. The van der Waals surface area contributed by atoms with Crippen LogP contribution in [0.3, 0.4) is 0 Å². The molecule has 2 aromatic rings. The number of pyridine rings is 1. The van der Waals surface area contributed by atoms with Crippen molar-refractivity contribution in [2.75, 3.05) is 21.3 Å². The molecule has 1 heterocycles. The van der Waals surface area contributed by atoms with Gasteiger partial charge in [-0.25, -0.2) is 0 Å². The maximum atomic E-state index is 5.37. The molecule has 1 N–H and O–H groups in total. The first-order valence-electron chi connectivity index (χ1n) is 6.10. The van der Waals surface area contributed by atoms with E-state index in [1.165, 1.54) is 0 Å². The number of hydrogen-bond donors (Lipinski definition) is 1. The normalized spacial score (nSPS) is 10.3. The van der Waals surface area contributed by atoms with E-state index in [1.54, 1.807) is 26.6 Å². The van der Waals surface area contributed by atoms with Crippen molar-refractivity contribution in [1.82, 2.24) is 10.3 Å². The van der Waals surface area contributed by atoms with Gasteiger partial charge in [-0.05, 0) is 48.0 Å². The van der Waals surface area contributed by atoms with E-state index in [2.05, 4.69) is 10.3 Å². The highest BCUT2D eigenvalue weighted by Gasteiger charge is 2.12. The van der Waals surface area contributed by atoms with Gasteiger partial charge in [0.15, 0.2) is 11.5 Å². The van der Waals surface area contributed by atoms with Gasteiger partial charge in [0.25, 0.3) is 0 Å². The molecule has 0 amide bonds. The number of ether oxygens (including phenoxy) is 2. The van der Waals surface area contributed by atoms with Gasteiger partial charge in [-0.15, -0.1) is 0 Å². The lowest BCUT2D eigenvalue weighted by Crippen LogP contribution is -2.07. The van der Waals surface area contributed by atoms with E-state index in [9.17, 15) is 0 Å². The molecule has 0 aliphatic carbocycles. The molecule has 0 fully saturated rings. The zero-order valence-electron chi connectivity index (χ0n) is 11.4. The minimum Gasteiger partial charge on any atom is -0.493 e. The summed E-state index contributed by atoms with van der Waals surface area (Å²) in [6.07, 6.45) is 3.57. The van der Waals surface area contributed by atoms with Gasteiger partial charge in [0.05, 0.1) is 14.2 Å². The summed E-state index contributed by atoms with van der Waals surface area (Å²) < 4.78 is 10.7. The Morgan fingerprint density at radius 2 is 1.68 bits per heavy atom. The molecule has 100 valence electrons. The molecule has 19 heavy (non-hydrogen) atoms. The van der Waals surface area contributed by atoms with Gasteiger partial charge in [-0.2, -0.15) is 0 Å². The molecule has 1 aromatic heterocycles. The van der Waals surface area contributed by atoms with Crippen LogP contribution in [-0.4, -0.2) is 26.3 Å². The number of nitrogens with zero attached hydrogens (tertiary/aromatic N) is 1. The predicted octanol–water partition coefficient (Wildman–Crippen LogP) is 2.49. The highest BCUT2D eigenvalue weighted by Crippen LogP contribution is 2.35. The molecule has 0 saturated carbocycles. The first kappa shape index (κ1) is 13.4. The molecule has 0 atom stereocenters. The summed E-state index contributed by atoms with van der Waals surface area (Å²) in [5, 5.41) is 3.17. The Morgan fingerprint density at radius 1 is 1.05 bits per heavy atom. The van der Waals surface area contributed by atoms with Crippen LogP contribution < -0.4 is 14.8 Å². The lowest BCUT2D eigenvalue weighted by molar-refractivity contribution is 0.354. The lowest BCUT2D eigenvalue weighted by atomic mass is 9.99. The van der Waals surface area contributed by atoms with Crippen molar-refractivity contribution < 1.29 is 9.47 Å². The van der Waals surface area contributed by atoms with E-state index in [0.717, 1.165) is 34.7 Å². The molecule has 0 spiro atoms. The van der Waals surface area contributed by atoms with Crippen molar-refractivity contribution in [1.29, 1.82) is 0 Å². The number of rotatable bonds is 5. The average Bonchev–Trinajstić information content (AvgIpc) is 2.48. The maximum absolute atomic E-state index is 5.37. The fourth-order valence-corrected chi connectivity index (χ4v) is 2.06. The third kappa shape index (κ3) is 2.85. The number of methoxy groups -OCH3 is 2. The minimum absolute atomic E-state index is 0.731. The van der Waals surface area contributed by atoms with Crippen molar-refractivity contribution in [3.63, 3.8) is 0 Å². The molecular formula is C15H18N2O2. The quantitative estimate of drug-likeness (QED) is 0.894. The summed E-state index contributed by atoms with van der Waals surface area (Å²) in [6.45, 7) is 0.762. The summed E-state index contributed by atoms with van der Waals surface area (Å²) in [5.74, 6) is 1.47. The second-order valence-corrected chi connectivity index (χ2v) is 4.13. The Balaban J connectivity index is 2.57. The van der Waals surface area contributed by atoms with Crippen LogP contribution in [0.4, 0.5) is 0 Å². The van der Waals surface area contributed by atoms with Crippen LogP contribution in [0.5, 0.6) is 11.5 Å². The van der Waals surface area contributed by atoms with Crippen LogP contribution in [0.2, 0.25) is 0 Å². The first-order valence-corrected chi connectivity index (χ1v) is 6.10. The van der Waals surface area contributed by atoms with Crippen molar-refractivity contribution in [3.05, 3.63) is 42.2 Å². The zero-order valence-corrected chi connectivity index (χ0v) is 11.4. The molecule has 2 rings (SSSR count). The topological polar surface area (TPSA) is 43.4 Å². The van der Waals surface area contributed by atoms with Crippen LogP contribution in [0, 0.1) is 0 Å². The Hall–Kier alpha value is -2.07. The van der Waals surface area contributed by atoms with Crippen molar-refractivity contribution in [3.8, 4) is 22.6 Å². The first-order chi connectivity index (χ1) is 9.30. The number of nitrogens with one attached hydrogen (secondary N) is 1. The minimum atomic E-state index is 0.731. The van der Waals surface area contributed by atoms with Gasteiger partial charge in [0.1, 0.15) is 0 Å². The van der Waals surface area contributed by atoms with E-state index in [-0.39, 0.29) is 0 Å². The van der Waals surface area contributed by atoms with Crippen LogP contribution >= 0.6 is 0 Å². The van der Waals surface area contributed by atoms with E-state index in [0.29, 0.717) is 0 Å². The van der Waals surface area contributed by atoms with Crippen LogP contribution in [0.15, 0.2) is 36.7 Å². The van der Waals surface area contributed by atoms with Crippen LogP contribution in [0.25, 0.3) is 11.1 Å². The molecule has 0 aliphatic rings. The Kier molecular flexibility index (Phi) is 4.36. The number of hydrogen-bond acceptors (Lipinski definition) is 4. The van der Waals surface area contributed by atoms with Gasteiger partial charge in [-0.3, -0.25) is 4.98 Å². The Morgan fingerprint density at radius 3 is 2.26 bits per heavy atom. The van der Waals surface area contributed by atoms with Crippen LogP contribution in [0.1, 0.15) is 5.56 Å². The molecule has 0 aliphatic heterocycles. The van der Waals surface area contributed by atoms with Gasteiger partial charge in [0.2, 0.25) is 0 Å². The van der Waals surface area contributed by atoms with Crippen molar-refractivity contribution in [2.24, 2.45) is 0 Å². The van der Waals surface area contributed by atoms with Crippen LogP contribution in [-0.2, 0) is 6.54 Å². The average molecular weight is 258 g/mol. The standard InChI is InChI=1S/C15H18N2O2/c1-16-10-12-8-14(18-2)15(19-3)9-13(12)11-4-6-17-7-5-11/h4-9,16H,10H2,1-3H3. The Labute approximate surface area is 113 Å². The van der Waals surface area contributed by atoms with E-state index >= 15 is 0 Å². The third-order valence-corrected chi connectivity index (χ3v) is 2.97. The molecule has 4 heteroatoms. The van der Waals surface area contributed by atoms with Crippen molar-refractivity contribution in [2.45, 2.75) is 6.54 Å². The fraction of sp³-hybridized carbons (Fsp3) is 0.267. The molecular weight excluding hydrogens is 240 g/mol. The predicted molar refractivity (Wildman–Crippen MR) is 75.5 cm³/mol. The third-order valence-electron chi connectivity index (χ3n) is 2.97. The highest BCUT2D eigenvalue weighted by molar-refractivity contribution is 5.71. The summed E-state index contributed by atoms with van der Waals surface area (Å²) >= 11 is 0. The van der Waals surface area contributed by atoms with Gasteiger partial charge in [-0.1, -0.05) is 0 Å². The fourth-order valence-electron chi connectivity index (χ4n) is 2.06. The van der Waals surface area contributed by atoms with Gasteiger partial charge < -0.3 is 14.8 Å². The van der Waals surface area contributed by atoms with Crippen molar-refractivity contribution >= 4 is 0 Å². The van der Waals surface area contributed by atoms with E-state index < -0.39 is 0 Å². The smallest absolute Gasteiger partial charge is 0.161 e. The zero-order chi connectivity index (χ0) is 13.7. The summed E-state index contributed by atoms with van der Waals surface area (Å²) in [4.78, 5) is 4.05. The summed E-state index contributed by atoms with van der Waals surface area (Å²) in [6, 6.07) is 7.98. The molecule has 0 bridgehead atoms. The van der Waals surface area contributed by atoms with Gasteiger partial charge >= 0.3 is 0 Å². The molecule has 1 aromatic carbocycles.